The van der Waals surface area contributed by atoms with Crippen LogP contribution in [0.4, 0.5) is 0 Å². The summed E-state index contributed by atoms with van der Waals surface area (Å²) in [5, 5.41) is 0. The third-order valence-corrected chi connectivity index (χ3v) is 3.15. The number of aromatic nitrogens is 1. The number of carbonyl (C=O) groups is 1. The Morgan fingerprint density at radius 3 is 2.58 bits per heavy atom. The monoisotopic (exact) mass is 254 g/mol. The summed E-state index contributed by atoms with van der Waals surface area (Å²) >= 11 is 0. The third-order valence-electron chi connectivity index (χ3n) is 3.15. The molecule has 0 spiro atoms. The van der Waals surface area contributed by atoms with Crippen LogP contribution in [0.2, 0.25) is 0 Å². The highest BCUT2D eigenvalue weighted by Crippen LogP contribution is 2.12. The summed E-state index contributed by atoms with van der Waals surface area (Å²) in [7, 11) is 0. The van der Waals surface area contributed by atoms with E-state index in [0.29, 0.717) is 18.7 Å². The van der Waals surface area contributed by atoms with E-state index in [1.807, 2.05) is 55.1 Å². The Hall–Kier alpha value is -2.16. The molecule has 0 saturated carbocycles. The lowest BCUT2D eigenvalue weighted by atomic mass is 10.1. The number of hydrogen-bond donors (Lipinski definition) is 0. The molecule has 1 amide bonds. The molecule has 3 heteroatoms. The van der Waals surface area contributed by atoms with E-state index in [2.05, 4.69) is 4.98 Å². The predicted molar refractivity (Wildman–Crippen MR) is 75.8 cm³/mol. The van der Waals surface area contributed by atoms with Crippen LogP contribution in [0.1, 0.15) is 28.4 Å². The van der Waals surface area contributed by atoms with Gasteiger partial charge >= 0.3 is 0 Å². The van der Waals surface area contributed by atoms with E-state index >= 15 is 0 Å². The smallest absolute Gasteiger partial charge is 0.255 e. The zero-order valence-corrected chi connectivity index (χ0v) is 11.3. The second kappa shape index (κ2) is 6.14. The van der Waals surface area contributed by atoms with Gasteiger partial charge in [0, 0.05) is 25.5 Å². The first-order valence-electron chi connectivity index (χ1n) is 6.46. The summed E-state index contributed by atoms with van der Waals surface area (Å²) in [6, 6.07) is 11.9. The molecule has 0 aliphatic rings. The molecule has 0 aliphatic carbocycles. The van der Waals surface area contributed by atoms with Gasteiger partial charge in [0.2, 0.25) is 0 Å². The summed E-state index contributed by atoms with van der Waals surface area (Å²) in [5.74, 6) is 0.0388. The topological polar surface area (TPSA) is 33.2 Å². The van der Waals surface area contributed by atoms with Crippen LogP contribution in [-0.4, -0.2) is 22.3 Å². The quantitative estimate of drug-likeness (QED) is 0.840. The van der Waals surface area contributed by atoms with Crippen LogP contribution in [0, 0.1) is 6.92 Å². The Morgan fingerprint density at radius 1 is 1.21 bits per heavy atom. The predicted octanol–water partition coefficient (Wildman–Crippen LogP) is 3.05. The highest BCUT2D eigenvalue weighted by Gasteiger charge is 2.16. The fourth-order valence-electron chi connectivity index (χ4n) is 1.99. The van der Waals surface area contributed by atoms with E-state index in [1.54, 1.807) is 12.4 Å². The lowest BCUT2D eigenvalue weighted by Gasteiger charge is -2.21. The Bertz CT molecular complexity index is 552. The molecule has 0 radical (unpaired) electrons. The van der Waals surface area contributed by atoms with Gasteiger partial charge < -0.3 is 4.90 Å². The number of aryl methyl sites for hydroxylation is 1. The van der Waals surface area contributed by atoms with Gasteiger partial charge in [0.25, 0.3) is 5.91 Å². The molecule has 2 rings (SSSR count). The average molecular weight is 254 g/mol. The van der Waals surface area contributed by atoms with Crippen LogP contribution >= 0.6 is 0 Å². The molecular formula is C16H18N2O. The molecule has 1 aromatic heterocycles. The molecule has 19 heavy (non-hydrogen) atoms. The van der Waals surface area contributed by atoms with E-state index in [-0.39, 0.29) is 5.91 Å². The van der Waals surface area contributed by atoms with Crippen LogP contribution in [-0.2, 0) is 6.54 Å². The van der Waals surface area contributed by atoms with E-state index in [0.717, 1.165) is 11.1 Å². The largest absolute Gasteiger partial charge is 0.335 e. The van der Waals surface area contributed by atoms with E-state index in [4.69, 9.17) is 0 Å². The van der Waals surface area contributed by atoms with Crippen molar-refractivity contribution >= 4 is 5.91 Å². The molecule has 0 atom stereocenters. The molecule has 1 heterocycles. The van der Waals surface area contributed by atoms with Crippen LogP contribution < -0.4 is 0 Å². The van der Waals surface area contributed by atoms with Crippen molar-refractivity contribution < 1.29 is 4.79 Å². The SMILES string of the molecule is CCN(Cc1ccccc1)C(=O)c1cnccc1C. The number of rotatable bonds is 4. The van der Waals surface area contributed by atoms with Crippen molar-refractivity contribution in [1.82, 2.24) is 9.88 Å². The Kier molecular flexibility index (Phi) is 4.29. The van der Waals surface area contributed by atoms with Gasteiger partial charge in [-0.1, -0.05) is 30.3 Å². The maximum atomic E-state index is 12.5. The maximum absolute atomic E-state index is 12.5. The van der Waals surface area contributed by atoms with Crippen molar-refractivity contribution in [3.8, 4) is 0 Å². The van der Waals surface area contributed by atoms with Gasteiger partial charge in [-0.25, -0.2) is 0 Å². The second-order valence-electron chi connectivity index (χ2n) is 4.50. The molecule has 0 fully saturated rings. The molecule has 3 nitrogen and oxygen atoms in total. The molecule has 1 aromatic carbocycles. The number of hydrogen-bond acceptors (Lipinski definition) is 2. The molecule has 0 N–H and O–H groups in total. The van der Waals surface area contributed by atoms with Crippen LogP contribution in [0.5, 0.6) is 0 Å². The summed E-state index contributed by atoms with van der Waals surface area (Å²) in [5.41, 5.74) is 2.78. The number of pyridine rings is 1. The maximum Gasteiger partial charge on any atom is 0.255 e. The van der Waals surface area contributed by atoms with E-state index < -0.39 is 0 Å². The number of nitrogens with zero attached hydrogens (tertiary/aromatic N) is 2. The molecule has 2 aromatic rings. The van der Waals surface area contributed by atoms with Crippen molar-refractivity contribution in [1.29, 1.82) is 0 Å². The van der Waals surface area contributed by atoms with Gasteiger partial charge in [-0.05, 0) is 31.0 Å². The first-order chi connectivity index (χ1) is 9.22. The molecule has 0 bridgehead atoms. The summed E-state index contributed by atoms with van der Waals surface area (Å²) in [6.45, 7) is 5.24. The number of carbonyl (C=O) groups excluding carboxylic acids is 1. The van der Waals surface area contributed by atoms with Crippen LogP contribution in [0.3, 0.4) is 0 Å². The summed E-state index contributed by atoms with van der Waals surface area (Å²) < 4.78 is 0. The lowest BCUT2D eigenvalue weighted by Crippen LogP contribution is -2.30. The van der Waals surface area contributed by atoms with Gasteiger partial charge in [-0.2, -0.15) is 0 Å². The van der Waals surface area contributed by atoms with Crippen LogP contribution in [0.15, 0.2) is 48.8 Å². The number of benzene rings is 1. The minimum Gasteiger partial charge on any atom is -0.335 e. The minimum absolute atomic E-state index is 0.0388. The lowest BCUT2D eigenvalue weighted by molar-refractivity contribution is 0.0751. The van der Waals surface area contributed by atoms with Crippen molar-refractivity contribution in [3.05, 3.63) is 65.5 Å². The van der Waals surface area contributed by atoms with Crippen molar-refractivity contribution in [3.63, 3.8) is 0 Å². The highest BCUT2D eigenvalue weighted by atomic mass is 16.2. The molecule has 0 aliphatic heterocycles. The highest BCUT2D eigenvalue weighted by molar-refractivity contribution is 5.95. The first-order valence-corrected chi connectivity index (χ1v) is 6.46. The molecular weight excluding hydrogens is 236 g/mol. The fraction of sp³-hybridized carbons (Fsp3) is 0.250. The zero-order valence-electron chi connectivity index (χ0n) is 11.3. The first kappa shape index (κ1) is 13.3. The molecule has 0 saturated heterocycles. The molecule has 98 valence electrons. The van der Waals surface area contributed by atoms with Gasteiger partial charge in [0.15, 0.2) is 0 Å². The summed E-state index contributed by atoms with van der Waals surface area (Å²) in [4.78, 5) is 18.4. The van der Waals surface area contributed by atoms with E-state index in [1.165, 1.54) is 0 Å². The molecule has 0 unspecified atom stereocenters. The zero-order chi connectivity index (χ0) is 13.7. The van der Waals surface area contributed by atoms with Crippen molar-refractivity contribution in [2.45, 2.75) is 20.4 Å². The minimum atomic E-state index is 0.0388. The third kappa shape index (κ3) is 3.19. The van der Waals surface area contributed by atoms with Gasteiger partial charge in [-0.15, -0.1) is 0 Å². The number of amides is 1. The van der Waals surface area contributed by atoms with Crippen LogP contribution in [0.25, 0.3) is 0 Å². The van der Waals surface area contributed by atoms with Crippen molar-refractivity contribution in [2.24, 2.45) is 0 Å². The standard InChI is InChI=1S/C16H18N2O/c1-3-18(12-14-7-5-4-6-8-14)16(19)15-11-17-10-9-13(15)2/h4-11H,3,12H2,1-2H3. The van der Waals surface area contributed by atoms with Gasteiger partial charge in [0.1, 0.15) is 0 Å². The second-order valence-corrected chi connectivity index (χ2v) is 4.50. The Labute approximate surface area is 113 Å². The normalized spacial score (nSPS) is 10.2. The van der Waals surface area contributed by atoms with Gasteiger partial charge in [0.05, 0.1) is 5.56 Å². The van der Waals surface area contributed by atoms with Crippen molar-refractivity contribution in [2.75, 3.05) is 6.54 Å². The summed E-state index contributed by atoms with van der Waals surface area (Å²) in [6.07, 6.45) is 3.35. The average Bonchev–Trinajstić information content (AvgIpc) is 2.46. The Morgan fingerprint density at radius 2 is 1.95 bits per heavy atom. The van der Waals surface area contributed by atoms with E-state index in [9.17, 15) is 4.79 Å². The Balaban J connectivity index is 2.18. The fourth-order valence-corrected chi connectivity index (χ4v) is 1.99. The van der Waals surface area contributed by atoms with Gasteiger partial charge in [-0.3, -0.25) is 9.78 Å².